The van der Waals surface area contributed by atoms with Crippen LogP contribution in [0.4, 0.5) is 0 Å². The summed E-state index contributed by atoms with van der Waals surface area (Å²) in [5.74, 6) is -0.238. The Balaban J connectivity index is 2.32. The molecule has 1 rings (SSSR count). The molecule has 5 heteroatoms. The van der Waals surface area contributed by atoms with Crippen LogP contribution in [-0.2, 0) is 4.79 Å². The fourth-order valence-corrected chi connectivity index (χ4v) is 0.895. The van der Waals surface area contributed by atoms with Crippen molar-refractivity contribution in [3.63, 3.8) is 0 Å². The first-order chi connectivity index (χ1) is 6.84. The molecule has 74 valence electrons. The summed E-state index contributed by atoms with van der Waals surface area (Å²) in [6.07, 6.45) is 2.14. The van der Waals surface area contributed by atoms with Gasteiger partial charge in [0.2, 0.25) is 6.41 Å². The van der Waals surface area contributed by atoms with Gasteiger partial charge in [0.05, 0.1) is 0 Å². The van der Waals surface area contributed by atoms with Gasteiger partial charge < -0.3 is 10.6 Å². The van der Waals surface area contributed by atoms with Gasteiger partial charge in [-0.05, 0) is 12.1 Å². The molecule has 2 N–H and O–H groups in total. The SMILES string of the molecule is O=CNCCNC(=O)c1ccccn1. The molecule has 0 spiro atoms. The molecule has 1 heterocycles. The van der Waals surface area contributed by atoms with Crippen molar-refractivity contribution in [2.24, 2.45) is 0 Å². The Labute approximate surface area is 81.5 Å². The molecule has 0 radical (unpaired) electrons. The summed E-state index contributed by atoms with van der Waals surface area (Å²) < 4.78 is 0. The number of pyridine rings is 1. The minimum absolute atomic E-state index is 0.238. The molecule has 2 amide bonds. The standard InChI is InChI=1S/C9H11N3O2/c13-7-10-5-6-12-9(14)8-3-1-2-4-11-8/h1-4,7H,5-6H2,(H,10,13)(H,12,14). The van der Waals surface area contributed by atoms with Crippen LogP contribution in [0.5, 0.6) is 0 Å². The van der Waals surface area contributed by atoms with Crippen molar-refractivity contribution < 1.29 is 9.59 Å². The number of carbonyl (C=O) groups is 2. The molecule has 0 aromatic carbocycles. The van der Waals surface area contributed by atoms with Crippen LogP contribution in [-0.4, -0.2) is 30.4 Å². The molecule has 0 atom stereocenters. The summed E-state index contributed by atoms with van der Waals surface area (Å²) in [6, 6.07) is 5.11. The van der Waals surface area contributed by atoms with Crippen LogP contribution in [0.1, 0.15) is 10.5 Å². The Morgan fingerprint density at radius 2 is 2.29 bits per heavy atom. The Bertz CT molecular complexity index is 300. The molecule has 0 unspecified atom stereocenters. The highest BCUT2D eigenvalue weighted by Crippen LogP contribution is 1.91. The first kappa shape index (κ1) is 10.2. The van der Waals surface area contributed by atoms with Crippen molar-refractivity contribution >= 4 is 12.3 Å². The van der Waals surface area contributed by atoms with Gasteiger partial charge in [-0.2, -0.15) is 0 Å². The van der Waals surface area contributed by atoms with Crippen LogP contribution < -0.4 is 10.6 Å². The van der Waals surface area contributed by atoms with Crippen LogP contribution in [0.2, 0.25) is 0 Å². The van der Waals surface area contributed by atoms with E-state index in [-0.39, 0.29) is 5.91 Å². The molecular weight excluding hydrogens is 182 g/mol. The monoisotopic (exact) mass is 193 g/mol. The molecule has 5 nitrogen and oxygen atoms in total. The maximum absolute atomic E-state index is 11.3. The Kier molecular flexibility index (Phi) is 4.13. The predicted molar refractivity (Wildman–Crippen MR) is 50.6 cm³/mol. The molecule has 0 aliphatic rings. The lowest BCUT2D eigenvalue weighted by Gasteiger charge is -2.02. The summed E-state index contributed by atoms with van der Waals surface area (Å²) in [7, 11) is 0. The predicted octanol–water partition coefficient (Wildman–Crippen LogP) is -0.443. The summed E-state index contributed by atoms with van der Waals surface area (Å²) in [5.41, 5.74) is 0.374. The number of nitrogens with one attached hydrogen (secondary N) is 2. The molecule has 0 aliphatic heterocycles. The molecule has 1 aromatic rings. The van der Waals surface area contributed by atoms with E-state index >= 15 is 0 Å². The zero-order valence-corrected chi connectivity index (χ0v) is 7.56. The van der Waals surface area contributed by atoms with E-state index < -0.39 is 0 Å². The van der Waals surface area contributed by atoms with Gasteiger partial charge in [-0.15, -0.1) is 0 Å². The van der Waals surface area contributed by atoms with Gasteiger partial charge in [0.1, 0.15) is 5.69 Å². The normalized spacial score (nSPS) is 9.14. The number of hydrogen-bond acceptors (Lipinski definition) is 3. The van der Waals surface area contributed by atoms with E-state index in [0.717, 1.165) is 0 Å². The van der Waals surface area contributed by atoms with Crippen molar-refractivity contribution in [3.05, 3.63) is 30.1 Å². The molecule has 0 saturated carbocycles. The van der Waals surface area contributed by atoms with E-state index in [1.165, 1.54) is 0 Å². The zero-order valence-electron chi connectivity index (χ0n) is 7.56. The Hall–Kier alpha value is -1.91. The quantitative estimate of drug-likeness (QED) is 0.492. The van der Waals surface area contributed by atoms with Crippen LogP contribution in [0.25, 0.3) is 0 Å². The highest BCUT2D eigenvalue weighted by molar-refractivity contribution is 5.92. The maximum atomic E-state index is 11.3. The summed E-state index contributed by atoms with van der Waals surface area (Å²) in [6.45, 7) is 0.816. The topological polar surface area (TPSA) is 71.1 Å². The lowest BCUT2D eigenvalue weighted by Crippen LogP contribution is -2.31. The van der Waals surface area contributed by atoms with Crippen molar-refractivity contribution in [2.45, 2.75) is 0 Å². The third-order valence-electron chi connectivity index (χ3n) is 1.54. The van der Waals surface area contributed by atoms with Crippen molar-refractivity contribution in [1.29, 1.82) is 0 Å². The first-order valence-electron chi connectivity index (χ1n) is 4.21. The highest BCUT2D eigenvalue weighted by Gasteiger charge is 2.03. The lowest BCUT2D eigenvalue weighted by atomic mass is 10.3. The first-order valence-corrected chi connectivity index (χ1v) is 4.21. The van der Waals surface area contributed by atoms with E-state index in [1.807, 2.05) is 0 Å². The second-order valence-corrected chi connectivity index (χ2v) is 2.54. The summed E-state index contributed by atoms with van der Waals surface area (Å²) in [5, 5.41) is 5.05. The van der Waals surface area contributed by atoms with E-state index in [0.29, 0.717) is 25.2 Å². The third-order valence-corrected chi connectivity index (χ3v) is 1.54. The molecule has 1 aromatic heterocycles. The largest absolute Gasteiger partial charge is 0.357 e. The molecule has 14 heavy (non-hydrogen) atoms. The molecule has 0 fully saturated rings. The van der Waals surface area contributed by atoms with E-state index in [2.05, 4.69) is 15.6 Å². The second-order valence-electron chi connectivity index (χ2n) is 2.54. The van der Waals surface area contributed by atoms with E-state index in [4.69, 9.17) is 0 Å². The second kappa shape index (κ2) is 5.69. The van der Waals surface area contributed by atoms with Crippen molar-refractivity contribution in [3.8, 4) is 0 Å². The zero-order chi connectivity index (χ0) is 10.2. The van der Waals surface area contributed by atoms with Crippen LogP contribution >= 0.6 is 0 Å². The highest BCUT2D eigenvalue weighted by atomic mass is 16.2. The summed E-state index contributed by atoms with van der Waals surface area (Å²) >= 11 is 0. The van der Waals surface area contributed by atoms with Gasteiger partial charge in [-0.3, -0.25) is 14.6 Å². The van der Waals surface area contributed by atoms with Gasteiger partial charge in [0, 0.05) is 19.3 Å². The number of aromatic nitrogens is 1. The minimum Gasteiger partial charge on any atom is -0.357 e. The van der Waals surface area contributed by atoms with Crippen molar-refractivity contribution in [1.82, 2.24) is 15.6 Å². The van der Waals surface area contributed by atoms with Gasteiger partial charge in [0.25, 0.3) is 5.91 Å². The van der Waals surface area contributed by atoms with Crippen LogP contribution in [0.3, 0.4) is 0 Å². The lowest BCUT2D eigenvalue weighted by molar-refractivity contribution is -0.109. The van der Waals surface area contributed by atoms with Crippen molar-refractivity contribution in [2.75, 3.05) is 13.1 Å². The fraction of sp³-hybridized carbons (Fsp3) is 0.222. The Morgan fingerprint density at radius 3 is 2.93 bits per heavy atom. The molecule has 0 bridgehead atoms. The van der Waals surface area contributed by atoms with Crippen LogP contribution in [0.15, 0.2) is 24.4 Å². The van der Waals surface area contributed by atoms with E-state index in [1.54, 1.807) is 24.4 Å². The molecule has 0 saturated heterocycles. The minimum atomic E-state index is -0.238. The van der Waals surface area contributed by atoms with Gasteiger partial charge in [-0.25, -0.2) is 0 Å². The molecule has 0 aliphatic carbocycles. The van der Waals surface area contributed by atoms with E-state index in [9.17, 15) is 9.59 Å². The number of amides is 2. The number of rotatable bonds is 5. The average Bonchev–Trinajstić information content (AvgIpc) is 2.25. The third kappa shape index (κ3) is 3.22. The Morgan fingerprint density at radius 1 is 1.43 bits per heavy atom. The number of hydrogen-bond donors (Lipinski definition) is 2. The van der Waals surface area contributed by atoms with Gasteiger partial charge in [0.15, 0.2) is 0 Å². The average molecular weight is 193 g/mol. The summed E-state index contributed by atoms with van der Waals surface area (Å²) in [4.78, 5) is 25.1. The smallest absolute Gasteiger partial charge is 0.269 e. The van der Waals surface area contributed by atoms with Gasteiger partial charge in [-0.1, -0.05) is 6.07 Å². The number of carbonyl (C=O) groups excluding carboxylic acids is 2. The fourth-order valence-electron chi connectivity index (χ4n) is 0.895. The van der Waals surface area contributed by atoms with Crippen LogP contribution in [0, 0.1) is 0 Å². The van der Waals surface area contributed by atoms with Gasteiger partial charge >= 0.3 is 0 Å². The maximum Gasteiger partial charge on any atom is 0.269 e. The molecular formula is C9H11N3O2. The number of nitrogens with zero attached hydrogens (tertiary/aromatic N) is 1.